The van der Waals surface area contributed by atoms with Gasteiger partial charge in [-0.3, -0.25) is 4.40 Å². The maximum Gasteiger partial charge on any atom is 0.319 e. The molecular formula is C17H17Cl2N5OS. The number of halogens is 2. The number of carbonyl (C=O) groups excluding carboxylic acids is 1. The van der Waals surface area contributed by atoms with Gasteiger partial charge < -0.3 is 10.6 Å². The molecule has 6 nitrogen and oxygen atoms in total. The molecule has 2 aromatic heterocycles. The number of nitrogens with zero attached hydrogens (tertiary/aromatic N) is 3. The fourth-order valence-corrected chi connectivity index (χ4v) is 3.32. The number of benzene rings is 1. The summed E-state index contributed by atoms with van der Waals surface area (Å²) in [6.45, 7) is 0. The number of fused-ring (bicyclic) bond motifs is 1. The summed E-state index contributed by atoms with van der Waals surface area (Å²) in [5.74, 6) is 1.55. The van der Waals surface area contributed by atoms with E-state index in [-0.39, 0.29) is 12.1 Å². The molecule has 3 rings (SSSR count). The lowest BCUT2D eigenvalue weighted by molar-refractivity contribution is 0.247. The van der Waals surface area contributed by atoms with Crippen LogP contribution in [0.25, 0.3) is 5.65 Å². The van der Waals surface area contributed by atoms with Crippen molar-refractivity contribution < 1.29 is 4.79 Å². The van der Waals surface area contributed by atoms with Crippen LogP contribution in [0.5, 0.6) is 0 Å². The average molecular weight is 410 g/mol. The molecule has 0 radical (unpaired) electrons. The second-order valence-electron chi connectivity index (χ2n) is 5.54. The van der Waals surface area contributed by atoms with Crippen LogP contribution in [0.3, 0.4) is 0 Å². The van der Waals surface area contributed by atoms with E-state index in [0.29, 0.717) is 28.0 Å². The quantitative estimate of drug-likeness (QED) is 0.621. The van der Waals surface area contributed by atoms with Crippen LogP contribution < -0.4 is 10.6 Å². The number of rotatable bonds is 6. The molecular weight excluding hydrogens is 393 g/mol. The molecule has 2 N–H and O–H groups in total. The molecule has 1 unspecified atom stereocenters. The van der Waals surface area contributed by atoms with Gasteiger partial charge in [0.2, 0.25) is 0 Å². The van der Waals surface area contributed by atoms with Crippen LogP contribution in [0.4, 0.5) is 10.5 Å². The minimum absolute atomic E-state index is 0.294. The maximum absolute atomic E-state index is 12.5. The van der Waals surface area contributed by atoms with Crippen molar-refractivity contribution in [2.45, 2.75) is 12.5 Å². The van der Waals surface area contributed by atoms with Crippen molar-refractivity contribution in [3.63, 3.8) is 0 Å². The predicted octanol–water partition coefficient (Wildman–Crippen LogP) is 4.65. The highest BCUT2D eigenvalue weighted by Crippen LogP contribution is 2.26. The van der Waals surface area contributed by atoms with E-state index < -0.39 is 0 Å². The fourth-order valence-electron chi connectivity index (χ4n) is 2.51. The van der Waals surface area contributed by atoms with Gasteiger partial charge in [-0.2, -0.15) is 11.8 Å². The molecule has 9 heteroatoms. The van der Waals surface area contributed by atoms with Crippen molar-refractivity contribution in [1.29, 1.82) is 0 Å². The predicted molar refractivity (Wildman–Crippen MR) is 107 cm³/mol. The number of urea groups is 1. The lowest BCUT2D eigenvalue weighted by Gasteiger charge is -2.18. The third kappa shape index (κ3) is 4.41. The van der Waals surface area contributed by atoms with Crippen LogP contribution in [0.2, 0.25) is 10.0 Å². The summed E-state index contributed by atoms with van der Waals surface area (Å²) < 4.78 is 1.87. The van der Waals surface area contributed by atoms with E-state index in [9.17, 15) is 4.79 Å². The molecule has 1 atom stereocenters. The van der Waals surface area contributed by atoms with Gasteiger partial charge in [0.05, 0.1) is 16.8 Å². The number of thioether (sulfide) groups is 1. The van der Waals surface area contributed by atoms with Crippen molar-refractivity contribution >= 4 is 52.3 Å². The molecule has 26 heavy (non-hydrogen) atoms. The first kappa shape index (κ1) is 18.8. The Labute approximate surface area is 165 Å². The largest absolute Gasteiger partial charge is 0.328 e. The van der Waals surface area contributed by atoms with Crippen LogP contribution >= 0.6 is 35.0 Å². The number of hydrogen-bond donors (Lipinski definition) is 2. The topological polar surface area (TPSA) is 71.3 Å². The molecule has 0 fully saturated rings. The van der Waals surface area contributed by atoms with Gasteiger partial charge in [-0.1, -0.05) is 29.3 Å². The Morgan fingerprint density at radius 2 is 2.12 bits per heavy atom. The lowest BCUT2D eigenvalue weighted by atomic mass is 10.2. The Bertz CT molecular complexity index is 917. The third-order valence-electron chi connectivity index (χ3n) is 3.74. The average Bonchev–Trinajstić information content (AvgIpc) is 3.06. The first-order chi connectivity index (χ1) is 12.6. The zero-order valence-corrected chi connectivity index (χ0v) is 16.3. The highest BCUT2D eigenvalue weighted by Gasteiger charge is 2.20. The molecule has 2 amide bonds. The highest BCUT2D eigenvalue weighted by molar-refractivity contribution is 7.98. The molecule has 0 aliphatic rings. The number of amides is 2. The van der Waals surface area contributed by atoms with Crippen molar-refractivity contribution in [1.82, 2.24) is 19.9 Å². The number of pyridine rings is 1. The molecule has 0 aliphatic heterocycles. The van der Waals surface area contributed by atoms with Crippen molar-refractivity contribution in [2.75, 3.05) is 17.3 Å². The van der Waals surface area contributed by atoms with E-state index in [2.05, 4.69) is 20.8 Å². The van der Waals surface area contributed by atoms with Gasteiger partial charge >= 0.3 is 6.03 Å². The fraction of sp³-hybridized carbons (Fsp3) is 0.235. The number of hydrogen-bond acceptors (Lipinski definition) is 4. The summed E-state index contributed by atoms with van der Waals surface area (Å²) in [6, 6.07) is 9.89. The first-order valence-electron chi connectivity index (χ1n) is 7.89. The minimum Gasteiger partial charge on any atom is -0.328 e. The first-order valence-corrected chi connectivity index (χ1v) is 10.0. The summed E-state index contributed by atoms with van der Waals surface area (Å²) in [5.41, 5.74) is 1.18. The summed E-state index contributed by atoms with van der Waals surface area (Å²) in [7, 11) is 0. The van der Waals surface area contributed by atoms with E-state index in [4.69, 9.17) is 23.2 Å². The molecule has 0 spiro atoms. The van der Waals surface area contributed by atoms with Gasteiger partial charge in [-0.15, -0.1) is 10.2 Å². The minimum atomic E-state index is -0.382. The Morgan fingerprint density at radius 3 is 2.92 bits per heavy atom. The molecule has 0 saturated carbocycles. The molecule has 3 aromatic rings. The van der Waals surface area contributed by atoms with E-state index >= 15 is 0 Å². The lowest BCUT2D eigenvalue weighted by Crippen LogP contribution is -2.34. The van der Waals surface area contributed by atoms with Gasteiger partial charge in [-0.05, 0) is 48.8 Å². The molecule has 0 saturated heterocycles. The van der Waals surface area contributed by atoms with Gasteiger partial charge in [-0.25, -0.2) is 4.79 Å². The van der Waals surface area contributed by atoms with Crippen LogP contribution in [0, 0.1) is 0 Å². The van der Waals surface area contributed by atoms with Crippen LogP contribution in [-0.2, 0) is 0 Å². The standard InChI is InChI=1S/C17H17Cl2N5OS/c1-26-9-7-13(16-23-22-15-4-2-3-8-24(15)16)20-17(25)21-14-10-11(18)5-6-12(14)19/h2-6,8,10,13H,7,9H2,1H3,(H2,20,21,25). The van der Waals surface area contributed by atoms with Crippen molar-refractivity contribution in [3.8, 4) is 0 Å². The summed E-state index contributed by atoms with van der Waals surface area (Å²) in [5, 5.41) is 15.0. The summed E-state index contributed by atoms with van der Waals surface area (Å²) in [4.78, 5) is 12.5. The normalized spacial score (nSPS) is 12.1. The van der Waals surface area contributed by atoms with E-state index in [1.54, 1.807) is 30.0 Å². The van der Waals surface area contributed by atoms with Gasteiger partial charge in [0.15, 0.2) is 11.5 Å². The van der Waals surface area contributed by atoms with E-state index in [1.165, 1.54) is 0 Å². The third-order valence-corrected chi connectivity index (χ3v) is 4.95. The molecule has 136 valence electrons. The number of aromatic nitrogens is 3. The number of nitrogens with one attached hydrogen (secondary N) is 2. The van der Waals surface area contributed by atoms with Gasteiger partial charge in [0.1, 0.15) is 0 Å². The van der Waals surface area contributed by atoms with Crippen LogP contribution in [-0.4, -0.2) is 32.6 Å². The Hall–Kier alpha value is -1.96. The number of carbonyl (C=O) groups is 1. The van der Waals surface area contributed by atoms with Gasteiger partial charge in [0, 0.05) is 11.2 Å². The molecule has 0 bridgehead atoms. The highest BCUT2D eigenvalue weighted by atomic mass is 35.5. The van der Waals surface area contributed by atoms with Gasteiger partial charge in [0.25, 0.3) is 0 Å². The zero-order chi connectivity index (χ0) is 18.5. The Balaban J connectivity index is 1.80. The van der Waals surface area contributed by atoms with E-state index in [0.717, 1.165) is 11.4 Å². The van der Waals surface area contributed by atoms with E-state index in [1.807, 2.05) is 35.1 Å². The van der Waals surface area contributed by atoms with Crippen LogP contribution in [0.1, 0.15) is 18.3 Å². The maximum atomic E-state index is 12.5. The van der Waals surface area contributed by atoms with Crippen molar-refractivity contribution in [2.24, 2.45) is 0 Å². The monoisotopic (exact) mass is 409 g/mol. The zero-order valence-electron chi connectivity index (χ0n) is 13.9. The summed E-state index contributed by atoms with van der Waals surface area (Å²) >= 11 is 13.8. The smallest absolute Gasteiger partial charge is 0.319 e. The Morgan fingerprint density at radius 1 is 1.27 bits per heavy atom. The molecule has 1 aromatic carbocycles. The Kier molecular flexibility index (Phi) is 6.24. The second kappa shape index (κ2) is 8.62. The summed E-state index contributed by atoms with van der Waals surface area (Å²) in [6.07, 6.45) is 4.61. The second-order valence-corrected chi connectivity index (χ2v) is 7.37. The van der Waals surface area contributed by atoms with Crippen LogP contribution in [0.15, 0.2) is 42.6 Å². The molecule has 0 aliphatic carbocycles. The SMILES string of the molecule is CSCCC(NC(=O)Nc1cc(Cl)ccc1Cl)c1nnc2ccccn12. The number of anilines is 1. The van der Waals surface area contributed by atoms with Crippen molar-refractivity contribution in [3.05, 3.63) is 58.5 Å². The molecule has 2 heterocycles.